The fourth-order valence-corrected chi connectivity index (χ4v) is 2.46. The lowest BCUT2D eigenvalue weighted by Gasteiger charge is -2.08. The normalized spacial score (nSPS) is 10.9. The highest BCUT2D eigenvalue weighted by Gasteiger charge is 2.09. The fourth-order valence-electron chi connectivity index (χ4n) is 2.46. The minimum absolute atomic E-state index is 0.0919. The van der Waals surface area contributed by atoms with E-state index in [-0.39, 0.29) is 5.91 Å². The van der Waals surface area contributed by atoms with Gasteiger partial charge in [0.05, 0.1) is 0 Å². The molecular formula is C18H20N4O2. The molecule has 2 aromatic heterocycles. The molecule has 0 bridgehead atoms. The SMILES string of the molecule is CCOCCCNC(=O)c1cccc(-n2cnc3cccnc32)c1. The number of carbonyl (C=O) groups excluding carboxylic acids is 1. The standard InChI is InChI=1S/C18H20N4O2/c1-2-24-11-5-10-20-18(23)14-6-3-7-15(12-14)22-13-21-16-8-4-9-19-17(16)22/h3-4,6-9,12-13H,2,5,10-11H2,1H3,(H,20,23). The van der Waals surface area contributed by atoms with Gasteiger partial charge in [0.25, 0.3) is 5.91 Å². The number of ether oxygens (including phenoxy) is 1. The predicted octanol–water partition coefficient (Wildman–Crippen LogP) is 2.58. The molecule has 1 N–H and O–H groups in total. The Hall–Kier alpha value is -2.73. The van der Waals surface area contributed by atoms with Gasteiger partial charge in [0.15, 0.2) is 5.65 Å². The molecule has 0 saturated heterocycles. The Kier molecular flexibility index (Phi) is 5.18. The van der Waals surface area contributed by atoms with Crippen molar-refractivity contribution in [3.63, 3.8) is 0 Å². The Morgan fingerprint density at radius 2 is 2.17 bits per heavy atom. The van der Waals surface area contributed by atoms with Crippen LogP contribution in [0.25, 0.3) is 16.9 Å². The molecule has 0 aliphatic rings. The zero-order valence-corrected chi connectivity index (χ0v) is 13.6. The Bertz CT molecular complexity index is 829. The topological polar surface area (TPSA) is 69.0 Å². The third-order valence-electron chi connectivity index (χ3n) is 3.65. The van der Waals surface area contributed by atoms with E-state index in [0.29, 0.717) is 25.3 Å². The molecule has 24 heavy (non-hydrogen) atoms. The Morgan fingerprint density at radius 3 is 3.04 bits per heavy atom. The van der Waals surface area contributed by atoms with Crippen LogP contribution in [-0.2, 0) is 4.74 Å². The molecule has 2 heterocycles. The van der Waals surface area contributed by atoms with Crippen molar-refractivity contribution in [2.75, 3.05) is 19.8 Å². The van der Waals surface area contributed by atoms with Crippen molar-refractivity contribution < 1.29 is 9.53 Å². The Morgan fingerprint density at radius 1 is 1.25 bits per heavy atom. The molecule has 0 aliphatic carbocycles. The summed E-state index contributed by atoms with van der Waals surface area (Å²) in [5.74, 6) is -0.0919. The molecule has 1 aromatic carbocycles. The number of carbonyl (C=O) groups is 1. The van der Waals surface area contributed by atoms with Crippen molar-refractivity contribution in [3.8, 4) is 5.69 Å². The lowest BCUT2D eigenvalue weighted by Crippen LogP contribution is -2.25. The highest BCUT2D eigenvalue weighted by Crippen LogP contribution is 2.17. The monoisotopic (exact) mass is 324 g/mol. The maximum Gasteiger partial charge on any atom is 0.251 e. The van der Waals surface area contributed by atoms with Gasteiger partial charge < -0.3 is 10.1 Å². The first kappa shape index (κ1) is 16.1. The summed E-state index contributed by atoms with van der Waals surface area (Å²) in [6, 6.07) is 11.2. The van der Waals surface area contributed by atoms with Crippen molar-refractivity contribution in [1.82, 2.24) is 19.9 Å². The Balaban J connectivity index is 1.73. The van der Waals surface area contributed by atoms with E-state index >= 15 is 0 Å². The number of pyridine rings is 1. The van der Waals surface area contributed by atoms with Gasteiger partial charge in [0.1, 0.15) is 11.8 Å². The molecule has 0 fully saturated rings. The van der Waals surface area contributed by atoms with Crippen LogP contribution >= 0.6 is 0 Å². The number of rotatable bonds is 7. The second kappa shape index (κ2) is 7.70. The van der Waals surface area contributed by atoms with E-state index in [1.807, 2.05) is 41.8 Å². The predicted molar refractivity (Wildman–Crippen MR) is 92.3 cm³/mol. The first-order valence-electron chi connectivity index (χ1n) is 8.04. The van der Waals surface area contributed by atoms with Crippen LogP contribution in [0, 0.1) is 0 Å². The van der Waals surface area contributed by atoms with Crippen molar-refractivity contribution in [3.05, 3.63) is 54.5 Å². The summed E-state index contributed by atoms with van der Waals surface area (Å²) in [4.78, 5) is 21.0. The van der Waals surface area contributed by atoms with Crippen LogP contribution < -0.4 is 5.32 Å². The molecular weight excluding hydrogens is 304 g/mol. The number of imidazole rings is 1. The van der Waals surface area contributed by atoms with Crippen LogP contribution in [0.5, 0.6) is 0 Å². The molecule has 1 amide bonds. The van der Waals surface area contributed by atoms with E-state index < -0.39 is 0 Å². The molecule has 0 atom stereocenters. The first-order valence-corrected chi connectivity index (χ1v) is 8.04. The lowest BCUT2D eigenvalue weighted by molar-refractivity contribution is 0.0944. The average molecular weight is 324 g/mol. The van der Waals surface area contributed by atoms with Gasteiger partial charge in [0, 0.05) is 37.2 Å². The zero-order chi connectivity index (χ0) is 16.8. The molecule has 0 saturated carbocycles. The van der Waals surface area contributed by atoms with Crippen molar-refractivity contribution >= 4 is 17.1 Å². The number of benzene rings is 1. The van der Waals surface area contributed by atoms with E-state index in [4.69, 9.17) is 4.74 Å². The van der Waals surface area contributed by atoms with Crippen LogP contribution in [-0.4, -0.2) is 40.2 Å². The largest absolute Gasteiger partial charge is 0.382 e. The van der Waals surface area contributed by atoms with Crippen LogP contribution in [0.1, 0.15) is 23.7 Å². The van der Waals surface area contributed by atoms with Gasteiger partial charge in [-0.1, -0.05) is 6.07 Å². The molecule has 0 radical (unpaired) electrons. The smallest absolute Gasteiger partial charge is 0.251 e. The lowest BCUT2D eigenvalue weighted by atomic mass is 10.2. The van der Waals surface area contributed by atoms with Crippen molar-refractivity contribution in [2.45, 2.75) is 13.3 Å². The second-order valence-electron chi connectivity index (χ2n) is 5.32. The van der Waals surface area contributed by atoms with Gasteiger partial charge in [-0.15, -0.1) is 0 Å². The van der Waals surface area contributed by atoms with E-state index in [9.17, 15) is 4.79 Å². The molecule has 6 heteroatoms. The molecule has 124 valence electrons. The van der Waals surface area contributed by atoms with Crippen LogP contribution in [0.15, 0.2) is 48.9 Å². The molecule has 6 nitrogen and oxygen atoms in total. The fraction of sp³-hybridized carbons (Fsp3) is 0.278. The minimum Gasteiger partial charge on any atom is -0.382 e. The number of amides is 1. The van der Waals surface area contributed by atoms with Gasteiger partial charge in [-0.25, -0.2) is 9.97 Å². The third kappa shape index (κ3) is 3.60. The summed E-state index contributed by atoms with van der Waals surface area (Å²) in [5, 5.41) is 2.91. The quantitative estimate of drug-likeness (QED) is 0.678. The minimum atomic E-state index is -0.0919. The van der Waals surface area contributed by atoms with Gasteiger partial charge in [-0.2, -0.15) is 0 Å². The maximum absolute atomic E-state index is 12.3. The summed E-state index contributed by atoms with van der Waals surface area (Å²) in [6.07, 6.45) is 4.25. The first-order chi connectivity index (χ1) is 11.8. The van der Waals surface area contributed by atoms with Crippen LogP contribution in [0.2, 0.25) is 0 Å². The third-order valence-corrected chi connectivity index (χ3v) is 3.65. The summed E-state index contributed by atoms with van der Waals surface area (Å²) in [6.45, 7) is 3.91. The number of nitrogens with zero attached hydrogens (tertiary/aromatic N) is 3. The van der Waals surface area contributed by atoms with Gasteiger partial charge in [0.2, 0.25) is 0 Å². The molecule has 0 unspecified atom stereocenters. The van der Waals surface area contributed by atoms with Crippen LogP contribution in [0.4, 0.5) is 0 Å². The van der Waals surface area contributed by atoms with Crippen molar-refractivity contribution in [2.24, 2.45) is 0 Å². The van der Waals surface area contributed by atoms with Crippen LogP contribution in [0.3, 0.4) is 0 Å². The molecule has 3 rings (SSSR count). The molecule has 0 spiro atoms. The second-order valence-corrected chi connectivity index (χ2v) is 5.32. The molecule has 3 aromatic rings. The highest BCUT2D eigenvalue weighted by atomic mass is 16.5. The number of fused-ring (bicyclic) bond motifs is 1. The number of nitrogens with one attached hydrogen (secondary N) is 1. The summed E-state index contributed by atoms with van der Waals surface area (Å²) in [7, 11) is 0. The molecule has 0 aliphatic heterocycles. The average Bonchev–Trinajstić information content (AvgIpc) is 3.05. The Labute approximate surface area is 140 Å². The highest BCUT2D eigenvalue weighted by molar-refractivity contribution is 5.94. The maximum atomic E-state index is 12.3. The van der Waals surface area contributed by atoms with Crippen molar-refractivity contribution in [1.29, 1.82) is 0 Å². The number of hydrogen-bond acceptors (Lipinski definition) is 4. The number of aromatic nitrogens is 3. The van der Waals surface area contributed by atoms with Gasteiger partial charge in [-0.3, -0.25) is 9.36 Å². The van der Waals surface area contributed by atoms with E-state index in [0.717, 1.165) is 23.3 Å². The van der Waals surface area contributed by atoms with Gasteiger partial charge in [-0.05, 0) is 43.7 Å². The van der Waals surface area contributed by atoms with E-state index in [2.05, 4.69) is 15.3 Å². The van der Waals surface area contributed by atoms with Gasteiger partial charge >= 0.3 is 0 Å². The summed E-state index contributed by atoms with van der Waals surface area (Å²) in [5.41, 5.74) is 3.06. The number of hydrogen-bond donors (Lipinski definition) is 1. The zero-order valence-electron chi connectivity index (χ0n) is 13.6. The van der Waals surface area contributed by atoms with E-state index in [1.165, 1.54) is 0 Å². The summed E-state index contributed by atoms with van der Waals surface area (Å²) >= 11 is 0. The van der Waals surface area contributed by atoms with E-state index in [1.54, 1.807) is 18.6 Å². The summed E-state index contributed by atoms with van der Waals surface area (Å²) < 4.78 is 7.14.